The highest BCUT2D eigenvalue weighted by Gasteiger charge is 2.36. The minimum absolute atomic E-state index is 0.0851. The van der Waals surface area contributed by atoms with Crippen molar-refractivity contribution in [2.45, 2.75) is 6.42 Å². The zero-order valence-electron chi connectivity index (χ0n) is 11.6. The Labute approximate surface area is 126 Å². The minimum atomic E-state index is -0.511. The first kappa shape index (κ1) is 15.3. The van der Waals surface area contributed by atoms with E-state index in [1.807, 2.05) is 0 Å². The Balaban J connectivity index is 2.25. The van der Waals surface area contributed by atoms with Crippen LogP contribution in [0.1, 0.15) is 16.8 Å². The van der Waals surface area contributed by atoms with Crippen LogP contribution in [0.15, 0.2) is 18.2 Å². The van der Waals surface area contributed by atoms with Crippen LogP contribution in [0.25, 0.3) is 0 Å². The van der Waals surface area contributed by atoms with Crippen molar-refractivity contribution in [2.75, 3.05) is 25.7 Å². The molecule has 1 fully saturated rings. The van der Waals surface area contributed by atoms with Crippen LogP contribution in [0.5, 0.6) is 0 Å². The van der Waals surface area contributed by atoms with Crippen molar-refractivity contribution < 1.29 is 23.9 Å². The maximum absolute atomic E-state index is 12.0. The fourth-order valence-electron chi connectivity index (χ4n) is 2.24. The first-order chi connectivity index (χ1) is 9.97. The summed E-state index contributed by atoms with van der Waals surface area (Å²) in [7, 11) is 2.56. The second-order valence-corrected chi connectivity index (χ2v) is 4.99. The quantitative estimate of drug-likeness (QED) is 0.794. The average Bonchev–Trinajstić information content (AvgIpc) is 2.87. The topological polar surface area (TPSA) is 72.9 Å². The molecule has 0 bridgehead atoms. The molecule has 1 aliphatic heterocycles. The van der Waals surface area contributed by atoms with Gasteiger partial charge in [-0.2, -0.15) is 0 Å². The van der Waals surface area contributed by atoms with Gasteiger partial charge in [0.15, 0.2) is 0 Å². The fourth-order valence-corrected chi connectivity index (χ4v) is 2.52. The van der Waals surface area contributed by atoms with Crippen molar-refractivity contribution in [1.82, 2.24) is 0 Å². The Hall–Kier alpha value is -2.08. The summed E-state index contributed by atoms with van der Waals surface area (Å²) in [6, 6.07) is 4.51. The van der Waals surface area contributed by atoms with Gasteiger partial charge in [0, 0.05) is 13.0 Å². The molecule has 0 aromatic heterocycles. The Morgan fingerprint density at radius 3 is 2.57 bits per heavy atom. The standard InChI is InChI=1S/C14H14ClNO5/c1-20-13(18)8-3-4-11(10(15)5-8)16-7-9(6-12(16)17)14(19)21-2/h3-5,9H,6-7H2,1-2H3. The molecule has 0 radical (unpaired) electrons. The number of hydrogen-bond acceptors (Lipinski definition) is 5. The summed E-state index contributed by atoms with van der Waals surface area (Å²) in [5.74, 6) is -1.64. The lowest BCUT2D eigenvalue weighted by Crippen LogP contribution is -2.26. The zero-order valence-corrected chi connectivity index (χ0v) is 12.3. The molecule has 0 saturated carbocycles. The van der Waals surface area contributed by atoms with Crippen LogP contribution in [0.4, 0.5) is 5.69 Å². The summed E-state index contributed by atoms with van der Waals surface area (Å²) in [5.41, 5.74) is 0.753. The third kappa shape index (κ3) is 3.00. The monoisotopic (exact) mass is 311 g/mol. The largest absolute Gasteiger partial charge is 0.469 e. The predicted molar refractivity (Wildman–Crippen MR) is 75.3 cm³/mol. The molecule has 1 amide bonds. The molecule has 0 N–H and O–H groups in total. The Morgan fingerprint density at radius 1 is 1.29 bits per heavy atom. The van der Waals surface area contributed by atoms with E-state index >= 15 is 0 Å². The highest BCUT2D eigenvalue weighted by atomic mass is 35.5. The molecule has 112 valence electrons. The number of rotatable bonds is 3. The summed E-state index contributed by atoms with van der Waals surface area (Å²) in [6.07, 6.45) is 0.0851. The Kier molecular flexibility index (Phi) is 4.47. The number of anilines is 1. The second kappa shape index (κ2) is 6.13. The van der Waals surface area contributed by atoms with E-state index in [2.05, 4.69) is 9.47 Å². The third-order valence-electron chi connectivity index (χ3n) is 3.32. The van der Waals surface area contributed by atoms with Gasteiger partial charge in [-0.25, -0.2) is 4.79 Å². The van der Waals surface area contributed by atoms with Gasteiger partial charge in [0.25, 0.3) is 0 Å². The van der Waals surface area contributed by atoms with Crippen LogP contribution in [-0.2, 0) is 19.1 Å². The minimum Gasteiger partial charge on any atom is -0.469 e. The Morgan fingerprint density at radius 2 is 2.00 bits per heavy atom. The number of methoxy groups -OCH3 is 2. The van der Waals surface area contributed by atoms with E-state index in [1.54, 1.807) is 6.07 Å². The molecular formula is C14H14ClNO5. The molecule has 2 rings (SSSR count). The van der Waals surface area contributed by atoms with E-state index in [-0.39, 0.29) is 23.9 Å². The van der Waals surface area contributed by atoms with Crippen LogP contribution in [0.2, 0.25) is 5.02 Å². The van der Waals surface area contributed by atoms with Gasteiger partial charge >= 0.3 is 11.9 Å². The number of halogens is 1. The summed E-state index contributed by atoms with van der Waals surface area (Å²) in [4.78, 5) is 36.4. The van der Waals surface area contributed by atoms with Crippen LogP contribution >= 0.6 is 11.6 Å². The van der Waals surface area contributed by atoms with Crippen molar-refractivity contribution in [3.05, 3.63) is 28.8 Å². The number of amides is 1. The van der Waals surface area contributed by atoms with E-state index in [0.717, 1.165) is 0 Å². The maximum Gasteiger partial charge on any atom is 0.337 e. The van der Waals surface area contributed by atoms with Crippen molar-refractivity contribution >= 4 is 35.1 Å². The lowest BCUT2D eigenvalue weighted by Gasteiger charge is -2.18. The lowest BCUT2D eigenvalue weighted by atomic mass is 10.1. The van der Waals surface area contributed by atoms with Gasteiger partial charge in [-0.15, -0.1) is 0 Å². The normalized spacial score (nSPS) is 17.8. The number of hydrogen-bond donors (Lipinski definition) is 0. The highest BCUT2D eigenvalue weighted by Crippen LogP contribution is 2.32. The number of benzene rings is 1. The fraction of sp³-hybridized carbons (Fsp3) is 0.357. The molecule has 1 aromatic rings. The molecule has 6 nitrogen and oxygen atoms in total. The maximum atomic E-state index is 12.0. The first-order valence-corrected chi connectivity index (χ1v) is 6.61. The third-order valence-corrected chi connectivity index (χ3v) is 3.62. The molecule has 0 spiro atoms. The summed E-state index contributed by atoms with van der Waals surface area (Å²) >= 11 is 6.12. The molecule has 1 saturated heterocycles. The van der Waals surface area contributed by atoms with Crippen LogP contribution in [0, 0.1) is 5.92 Å². The zero-order chi connectivity index (χ0) is 15.6. The molecule has 21 heavy (non-hydrogen) atoms. The SMILES string of the molecule is COC(=O)c1ccc(N2CC(C(=O)OC)CC2=O)c(Cl)c1. The molecule has 1 heterocycles. The van der Waals surface area contributed by atoms with E-state index in [1.165, 1.54) is 31.3 Å². The van der Waals surface area contributed by atoms with Crippen LogP contribution in [-0.4, -0.2) is 38.6 Å². The van der Waals surface area contributed by atoms with Gasteiger partial charge in [0.1, 0.15) is 0 Å². The second-order valence-electron chi connectivity index (χ2n) is 4.59. The van der Waals surface area contributed by atoms with Gasteiger partial charge in [-0.05, 0) is 18.2 Å². The molecule has 1 aromatic carbocycles. The van der Waals surface area contributed by atoms with Crippen molar-refractivity contribution in [2.24, 2.45) is 5.92 Å². The first-order valence-electron chi connectivity index (χ1n) is 6.24. The number of carbonyl (C=O) groups is 3. The summed E-state index contributed by atoms with van der Waals surface area (Å²) in [6.45, 7) is 0.211. The molecular weight excluding hydrogens is 298 g/mol. The van der Waals surface area contributed by atoms with E-state index < -0.39 is 17.9 Å². The van der Waals surface area contributed by atoms with Gasteiger partial charge in [-0.1, -0.05) is 11.6 Å². The van der Waals surface area contributed by atoms with Gasteiger partial charge in [0.2, 0.25) is 5.91 Å². The van der Waals surface area contributed by atoms with E-state index in [4.69, 9.17) is 11.6 Å². The highest BCUT2D eigenvalue weighted by molar-refractivity contribution is 6.34. The van der Waals surface area contributed by atoms with Gasteiger partial charge in [-0.3, -0.25) is 9.59 Å². The predicted octanol–water partition coefficient (Wildman–Crippen LogP) is 1.65. The molecule has 0 aliphatic carbocycles. The number of carbonyl (C=O) groups excluding carboxylic acids is 3. The van der Waals surface area contributed by atoms with E-state index in [9.17, 15) is 14.4 Å². The van der Waals surface area contributed by atoms with Crippen molar-refractivity contribution in [3.8, 4) is 0 Å². The van der Waals surface area contributed by atoms with Gasteiger partial charge < -0.3 is 14.4 Å². The molecule has 1 unspecified atom stereocenters. The molecule has 1 atom stereocenters. The molecule has 7 heteroatoms. The lowest BCUT2D eigenvalue weighted by molar-refractivity contribution is -0.145. The summed E-state index contributed by atoms with van der Waals surface area (Å²) in [5, 5.41) is 0.247. The molecule has 1 aliphatic rings. The summed E-state index contributed by atoms with van der Waals surface area (Å²) < 4.78 is 9.25. The van der Waals surface area contributed by atoms with Crippen LogP contribution in [0.3, 0.4) is 0 Å². The number of nitrogens with zero attached hydrogens (tertiary/aromatic N) is 1. The average molecular weight is 312 g/mol. The van der Waals surface area contributed by atoms with Crippen molar-refractivity contribution in [1.29, 1.82) is 0 Å². The van der Waals surface area contributed by atoms with Gasteiger partial charge in [0.05, 0.1) is 36.4 Å². The number of esters is 2. The van der Waals surface area contributed by atoms with E-state index in [0.29, 0.717) is 11.3 Å². The van der Waals surface area contributed by atoms with Crippen LogP contribution < -0.4 is 4.90 Å². The smallest absolute Gasteiger partial charge is 0.337 e. The Bertz CT molecular complexity index is 601. The van der Waals surface area contributed by atoms with Crippen molar-refractivity contribution in [3.63, 3.8) is 0 Å². The number of ether oxygens (including phenoxy) is 2.